The van der Waals surface area contributed by atoms with Crippen LogP contribution in [0.3, 0.4) is 0 Å². The average Bonchev–Trinajstić information content (AvgIpc) is 3.05. The van der Waals surface area contributed by atoms with Gasteiger partial charge in [-0.1, -0.05) is 49.6 Å². The predicted molar refractivity (Wildman–Crippen MR) is 130 cm³/mol. The van der Waals surface area contributed by atoms with E-state index in [0.717, 1.165) is 34.9 Å². The van der Waals surface area contributed by atoms with Crippen LogP contribution in [0.5, 0.6) is 0 Å². The maximum absolute atomic E-state index is 13.2. The zero-order chi connectivity index (χ0) is 24.8. The van der Waals surface area contributed by atoms with Gasteiger partial charge in [-0.25, -0.2) is 13.2 Å². The van der Waals surface area contributed by atoms with Gasteiger partial charge in [-0.05, 0) is 35.7 Å². The van der Waals surface area contributed by atoms with E-state index in [1.807, 2.05) is 24.3 Å². The maximum atomic E-state index is 13.2. The maximum Gasteiger partial charge on any atom is 0.327 e. The average molecular weight is 499 g/mol. The molecule has 35 heavy (non-hydrogen) atoms. The summed E-state index contributed by atoms with van der Waals surface area (Å²) in [5.41, 5.74) is -0.817. The van der Waals surface area contributed by atoms with Gasteiger partial charge in [-0.2, -0.15) is 4.31 Å². The lowest BCUT2D eigenvalue weighted by molar-refractivity contribution is -0.141. The first kappa shape index (κ1) is 23.7. The fourth-order valence-corrected chi connectivity index (χ4v) is 7.02. The van der Waals surface area contributed by atoms with Crippen LogP contribution in [-0.2, 0) is 19.6 Å². The van der Waals surface area contributed by atoms with Gasteiger partial charge >= 0.3 is 6.03 Å². The van der Waals surface area contributed by atoms with Gasteiger partial charge in [0.25, 0.3) is 5.91 Å². The summed E-state index contributed by atoms with van der Waals surface area (Å²) in [5, 5.41) is 1.82. The third-order valence-electron chi connectivity index (χ3n) is 7.73. The summed E-state index contributed by atoms with van der Waals surface area (Å²) in [6, 6.07) is 12.2. The fourth-order valence-electron chi connectivity index (χ4n) is 5.56. The van der Waals surface area contributed by atoms with E-state index < -0.39 is 21.6 Å². The number of piperazine rings is 1. The Balaban J connectivity index is 1.23. The third kappa shape index (κ3) is 3.98. The van der Waals surface area contributed by atoms with E-state index in [-0.39, 0.29) is 49.4 Å². The van der Waals surface area contributed by atoms with Gasteiger partial charge in [0.15, 0.2) is 0 Å². The van der Waals surface area contributed by atoms with E-state index in [4.69, 9.17) is 0 Å². The minimum atomic E-state index is -3.70. The number of nitrogens with zero attached hydrogens (tertiary/aromatic N) is 4. The lowest BCUT2D eigenvalue weighted by Gasteiger charge is -2.36. The second kappa shape index (κ2) is 8.91. The minimum absolute atomic E-state index is 0.159. The van der Waals surface area contributed by atoms with Crippen molar-refractivity contribution in [2.75, 3.05) is 39.8 Å². The van der Waals surface area contributed by atoms with Crippen molar-refractivity contribution in [1.82, 2.24) is 19.0 Å². The van der Waals surface area contributed by atoms with Crippen LogP contribution < -0.4 is 0 Å². The van der Waals surface area contributed by atoms with Crippen LogP contribution in [0.25, 0.3) is 10.8 Å². The summed E-state index contributed by atoms with van der Waals surface area (Å²) in [7, 11) is -2.05. The molecular weight excluding hydrogens is 468 g/mol. The number of hydrogen-bond acceptors (Lipinski definition) is 5. The lowest BCUT2D eigenvalue weighted by Crippen LogP contribution is -2.53. The van der Waals surface area contributed by atoms with E-state index in [9.17, 15) is 22.8 Å². The molecule has 0 unspecified atom stereocenters. The van der Waals surface area contributed by atoms with Crippen molar-refractivity contribution in [2.24, 2.45) is 0 Å². The molecule has 1 aliphatic carbocycles. The summed E-state index contributed by atoms with van der Waals surface area (Å²) in [6.45, 7) is 0.437. The molecule has 2 saturated heterocycles. The van der Waals surface area contributed by atoms with Crippen molar-refractivity contribution in [1.29, 1.82) is 0 Å². The zero-order valence-corrected chi connectivity index (χ0v) is 20.7. The molecule has 0 N–H and O–H groups in total. The fraction of sp³-hybridized carbons (Fsp3) is 0.480. The molecule has 0 aromatic heterocycles. The second-order valence-corrected chi connectivity index (χ2v) is 11.6. The van der Waals surface area contributed by atoms with Gasteiger partial charge in [0.05, 0.1) is 4.90 Å². The van der Waals surface area contributed by atoms with E-state index in [0.29, 0.717) is 12.8 Å². The zero-order valence-electron chi connectivity index (χ0n) is 19.9. The Labute approximate surface area is 205 Å². The summed E-state index contributed by atoms with van der Waals surface area (Å²) in [4.78, 5) is 43.3. The Morgan fingerprint density at radius 1 is 0.914 bits per heavy atom. The van der Waals surface area contributed by atoms with Crippen LogP contribution in [0, 0.1) is 0 Å². The highest BCUT2D eigenvalue weighted by Gasteiger charge is 2.56. The Morgan fingerprint density at radius 3 is 2.26 bits per heavy atom. The molecule has 2 aromatic carbocycles. The first-order valence-corrected chi connectivity index (χ1v) is 13.5. The highest BCUT2D eigenvalue weighted by Crippen LogP contribution is 2.39. The molecule has 9 nitrogen and oxygen atoms in total. The number of likely N-dealkylation sites (N-methyl/N-ethyl adjacent to an activating group) is 1. The van der Waals surface area contributed by atoms with E-state index in [2.05, 4.69) is 0 Å². The first-order chi connectivity index (χ1) is 16.7. The summed E-state index contributed by atoms with van der Waals surface area (Å²) >= 11 is 0. The van der Waals surface area contributed by atoms with Crippen molar-refractivity contribution >= 4 is 38.6 Å². The van der Waals surface area contributed by atoms with E-state index in [1.54, 1.807) is 30.1 Å². The Hall–Kier alpha value is -2.98. The minimum Gasteiger partial charge on any atom is -0.338 e. The number of urea groups is 1. The van der Waals surface area contributed by atoms with Crippen LogP contribution in [0.4, 0.5) is 4.79 Å². The van der Waals surface area contributed by atoms with Gasteiger partial charge in [0.2, 0.25) is 15.9 Å². The highest BCUT2D eigenvalue weighted by atomic mass is 32.2. The molecular formula is C25H30N4O5S. The normalized spacial score (nSPS) is 21.3. The number of imide groups is 1. The number of carbonyl (C=O) groups is 3. The van der Waals surface area contributed by atoms with Gasteiger partial charge in [0.1, 0.15) is 12.1 Å². The van der Waals surface area contributed by atoms with E-state index in [1.165, 1.54) is 9.21 Å². The number of amides is 4. The van der Waals surface area contributed by atoms with Crippen LogP contribution >= 0.6 is 0 Å². The van der Waals surface area contributed by atoms with Crippen molar-refractivity contribution in [2.45, 2.75) is 42.5 Å². The number of rotatable bonds is 4. The summed E-state index contributed by atoms with van der Waals surface area (Å²) in [6.07, 6.45) is 4.08. The van der Waals surface area contributed by atoms with E-state index >= 15 is 0 Å². The topological polar surface area (TPSA) is 98.3 Å². The molecule has 2 heterocycles. The van der Waals surface area contributed by atoms with Crippen LogP contribution in [0.1, 0.15) is 32.1 Å². The lowest BCUT2D eigenvalue weighted by atomic mass is 9.81. The molecule has 2 aromatic rings. The Morgan fingerprint density at radius 2 is 1.57 bits per heavy atom. The predicted octanol–water partition coefficient (Wildman–Crippen LogP) is 2.27. The van der Waals surface area contributed by atoms with Crippen molar-refractivity contribution in [3.63, 3.8) is 0 Å². The number of carbonyl (C=O) groups excluding carboxylic acids is 3. The molecule has 0 atom stereocenters. The molecule has 2 aliphatic heterocycles. The number of sulfonamides is 1. The highest BCUT2D eigenvalue weighted by molar-refractivity contribution is 7.89. The number of benzene rings is 2. The van der Waals surface area contributed by atoms with Crippen LogP contribution in [-0.4, -0.2) is 90.6 Å². The molecule has 10 heteroatoms. The largest absolute Gasteiger partial charge is 0.338 e. The Bertz CT molecular complexity index is 1280. The SMILES string of the molecule is CN1C(=O)N(CC(=O)N2CCN(S(=O)(=O)c3ccc4ccccc4c3)CC2)C(=O)C12CCCCC2. The Kier molecular flexibility index (Phi) is 6.04. The molecule has 1 spiro atoms. The van der Waals surface area contributed by atoms with Gasteiger partial charge < -0.3 is 9.80 Å². The molecule has 1 saturated carbocycles. The standard InChI is InChI=1S/C25H30N4O5S/c1-26-24(32)29(23(31)25(26)11-5-2-6-12-25)18-22(30)27-13-15-28(16-14-27)35(33,34)21-10-9-19-7-3-4-8-20(19)17-21/h3-4,7-10,17H,2,5-6,11-16,18H2,1H3. The number of fused-ring (bicyclic) bond motifs is 1. The first-order valence-electron chi connectivity index (χ1n) is 12.1. The smallest absolute Gasteiger partial charge is 0.327 e. The molecule has 186 valence electrons. The summed E-state index contributed by atoms with van der Waals surface area (Å²) in [5.74, 6) is -0.619. The quantitative estimate of drug-likeness (QED) is 0.603. The van der Waals surface area contributed by atoms with Crippen LogP contribution in [0.15, 0.2) is 47.4 Å². The molecule has 0 bridgehead atoms. The molecule has 3 fully saturated rings. The summed E-state index contributed by atoms with van der Waals surface area (Å²) < 4.78 is 27.8. The monoisotopic (exact) mass is 498 g/mol. The van der Waals surface area contributed by atoms with Crippen molar-refractivity contribution < 1.29 is 22.8 Å². The molecule has 4 amide bonds. The van der Waals surface area contributed by atoms with Crippen LogP contribution in [0.2, 0.25) is 0 Å². The van der Waals surface area contributed by atoms with Crippen molar-refractivity contribution in [3.05, 3.63) is 42.5 Å². The van der Waals surface area contributed by atoms with Crippen molar-refractivity contribution in [3.8, 4) is 0 Å². The van der Waals surface area contributed by atoms with Gasteiger partial charge in [0, 0.05) is 33.2 Å². The second-order valence-electron chi connectivity index (χ2n) is 9.62. The number of hydrogen-bond donors (Lipinski definition) is 0. The third-order valence-corrected chi connectivity index (χ3v) is 9.62. The molecule has 3 aliphatic rings. The molecule has 0 radical (unpaired) electrons. The van der Waals surface area contributed by atoms with Gasteiger partial charge in [-0.3, -0.25) is 14.5 Å². The molecule has 5 rings (SSSR count). The van der Waals surface area contributed by atoms with Gasteiger partial charge in [-0.15, -0.1) is 0 Å².